The van der Waals surface area contributed by atoms with Gasteiger partial charge in [0.25, 0.3) is 5.91 Å². The molecule has 3 aromatic heterocycles. The van der Waals surface area contributed by atoms with E-state index in [2.05, 4.69) is 15.5 Å². The van der Waals surface area contributed by atoms with E-state index in [1.54, 1.807) is 18.2 Å². The second-order valence-electron chi connectivity index (χ2n) is 9.18. The molecule has 0 spiro atoms. The summed E-state index contributed by atoms with van der Waals surface area (Å²) in [6.07, 6.45) is 2.37. The van der Waals surface area contributed by atoms with Gasteiger partial charge in [-0.3, -0.25) is 18.8 Å². The van der Waals surface area contributed by atoms with Crippen LogP contribution in [0, 0.1) is 0 Å². The molecule has 2 aliphatic rings. The third kappa shape index (κ3) is 4.08. The van der Waals surface area contributed by atoms with Crippen LogP contribution in [-0.2, 0) is 4.79 Å². The Bertz CT molecular complexity index is 1580. The summed E-state index contributed by atoms with van der Waals surface area (Å²) in [4.78, 5) is 48.5. The molecule has 4 aromatic rings. The Morgan fingerprint density at radius 2 is 1.97 bits per heavy atom. The molecule has 36 heavy (non-hydrogen) atoms. The number of hydrogen-bond acceptors (Lipinski definition) is 7. The molecule has 0 radical (unpaired) electrons. The maximum Gasteiger partial charge on any atom is 0.258 e. The normalized spacial score (nSPS) is 16.8. The van der Waals surface area contributed by atoms with Gasteiger partial charge in [0.15, 0.2) is 5.65 Å². The van der Waals surface area contributed by atoms with E-state index in [9.17, 15) is 14.4 Å². The Balaban J connectivity index is 1.49. The molecule has 2 N–H and O–H groups in total. The Labute approximate surface area is 215 Å². The van der Waals surface area contributed by atoms with Crippen LogP contribution in [0.1, 0.15) is 23.2 Å². The van der Waals surface area contributed by atoms with Crippen molar-refractivity contribution in [1.82, 2.24) is 24.9 Å². The molecule has 0 saturated carbocycles. The molecule has 2 amide bonds. The molecular formula is C25H25ClN6O3S. The van der Waals surface area contributed by atoms with Crippen LogP contribution in [0.15, 0.2) is 35.1 Å². The number of amides is 2. The van der Waals surface area contributed by atoms with Gasteiger partial charge in [0.1, 0.15) is 16.2 Å². The minimum atomic E-state index is -0.381. The number of piperazine rings is 1. The maximum atomic E-state index is 13.7. The van der Waals surface area contributed by atoms with E-state index in [0.29, 0.717) is 46.3 Å². The van der Waals surface area contributed by atoms with Crippen molar-refractivity contribution in [3.63, 3.8) is 0 Å². The van der Waals surface area contributed by atoms with E-state index in [1.807, 2.05) is 21.4 Å². The third-order valence-corrected chi connectivity index (χ3v) is 8.19. The quantitative estimate of drug-likeness (QED) is 0.416. The summed E-state index contributed by atoms with van der Waals surface area (Å²) in [7, 11) is 0. The number of anilines is 1. The number of halogens is 1. The first-order valence-electron chi connectivity index (χ1n) is 12.1. The molecule has 0 bridgehead atoms. The van der Waals surface area contributed by atoms with Crippen molar-refractivity contribution >= 4 is 66.7 Å². The monoisotopic (exact) mass is 524 g/mol. The summed E-state index contributed by atoms with van der Waals surface area (Å²) in [5.41, 5.74) is 1.04. The smallest absolute Gasteiger partial charge is 0.258 e. The van der Waals surface area contributed by atoms with Gasteiger partial charge in [0.05, 0.1) is 22.1 Å². The van der Waals surface area contributed by atoms with Gasteiger partial charge in [-0.25, -0.2) is 4.98 Å². The number of nitrogens with zero attached hydrogens (tertiary/aromatic N) is 4. The Kier molecular flexibility index (Phi) is 6.02. The molecule has 0 atom stereocenters. The number of benzene rings is 1. The van der Waals surface area contributed by atoms with Crippen LogP contribution >= 0.6 is 22.9 Å². The fraction of sp³-hybridized carbons (Fsp3) is 0.360. The second kappa shape index (κ2) is 9.34. The predicted molar refractivity (Wildman–Crippen MR) is 143 cm³/mol. The van der Waals surface area contributed by atoms with Crippen molar-refractivity contribution in [3.05, 3.63) is 51.1 Å². The van der Waals surface area contributed by atoms with Crippen molar-refractivity contribution in [2.75, 3.05) is 50.7 Å². The number of fused-ring (bicyclic) bond motifs is 5. The Hall–Kier alpha value is -3.21. The fourth-order valence-electron chi connectivity index (χ4n) is 5.04. The van der Waals surface area contributed by atoms with Gasteiger partial charge in [-0.2, -0.15) is 0 Å². The van der Waals surface area contributed by atoms with Crippen LogP contribution in [0.2, 0.25) is 5.02 Å². The van der Waals surface area contributed by atoms with Gasteiger partial charge in [-0.1, -0.05) is 11.6 Å². The van der Waals surface area contributed by atoms with Crippen molar-refractivity contribution in [1.29, 1.82) is 0 Å². The maximum absolute atomic E-state index is 13.7. The SMILES string of the molecule is O=C1CN(c2ccc3c(=O)c(C(=O)NCCN4CCCC4)c4sc5cc(Cl)ccc5n4c3n2)CCN1. The number of hydrogen-bond donors (Lipinski definition) is 2. The average molecular weight is 525 g/mol. The topological polar surface area (TPSA) is 99.0 Å². The van der Waals surface area contributed by atoms with Gasteiger partial charge >= 0.3 is 0 Å². The van der Waals surface area contributed by atoms with Crippen LogP contribution in [0.3, 0.4) is 0 Å². The Morgan fingerprint density at radius 1 is 1.14 bits per heavy atom. The first kappa shape index (κ1) is 23.2. The molecule has 11 heteroatoms. The number of nitrogens with one attached hydrogen (secondary N) is 2. The van der Waals surface area contributed by atoms with Crippen molar-refractivity contribution < 1.29 is 9.59 Å². The lowest BCUT2D eigenvalue weighted by Crippen LogP contribution is -2.48. The summed E-state index contributed by atoms with van der Waals surface area (Å²) in [5.74, 6) is 0.164. The summed E-state index contributed by atoms with van der Waals surface area (Å²) >= 11 is 7.61. The molecule has 0 aliphatic carbocycles. The van der Waals surface area contributed by atoms with E-state index < -0.39 is 0 Å². The molecule has 9 nitrogen and oxygen atoms in total. The predicted octanol–water partition coefficient (Wildman–Crippen LogP) is 2.48. The van der Waals surface area contributed by atoms with Crippen molar-refractivity contribution in [2.45, 2.75) is 12.8 Å². The lowest BCUT2D eigenvalue weighted by Gasteiger charge is -2.27. The highest BCUT2D eigenvalue weighted by molar-refractivity contribution is 7.24. The summed E-state index contributed by atoms with van der Waals surface area (Å²) in [6, 6.07) is 8.95. The highest BCUT2D eigenvalue weighted by Crippen LogP contribution is 2.33. The molecule has 186 valence electrons. The molecule has 5 heterocycles. The standard InChI is InChI=1S/C25H25ClN6O3S/c26-15-3-5-17-18(13-15)36-25-21(24(35)28-7-11-30-9-1-2-10-30)22(34)16-4-6-19(29-23(16)32(17)25)31-12-8-27-20(33)14-31/h3-6,13H,1-2,7-12,14H2,(H,27,33)(H,28,35). The molecule has 2 fully saturated rings. The lowest BCUT2D eigenvalue weighted by atomic mass is 10.1. The molecule has 0 unspecified atom stereocenters. The Morgan fingerprint density at radius 3 is 2.78 bits per heavy atom. The van der Waals surface area contributed by atoms with Crippen LogP contribution < -0.4 is 21.0 Å². The third-order valence-electron chi connectivity index (χ3n) is 6.83. The summed E-state index contributed by atoms with van der Waals surface area (Å²) in [6.45, 7) is 4.69. The van der Waals surface area contributed by atoms with E-state index in [4.69, 9.17) is 16.6 Å². The second-order valence-corrected chi connectivity index (χ2v) is 10.6. The van der Waals surface area contributed by atoms with Gasteiger partial charge in [-0.15, -0.1) is 11.3 Å². The van der Waals surface area contributed by atoms with Crippen molar-refractivity contribution in [3.8, 4) is 0 Å². The number of rotatable bonds is 5. The van der Waals surface area contributed by atoms with E-state index in [-0.39, 0.29) is 29.4 Å². The van der Waals surface area contributed by atoms with Gasteiger partial charge in [-0.05, 0) is 56.3 Å². The highest BCUT2D eigenvalue weighted by Gasteiger charge is 2.25. The minimum Gasteiger partial charge on any atom is -0.353 e. The van der Waals surface area contributed by atoms with Crippen LogP contribution in [0.25, 0.3) is 26.1 Å². The minimum absolute atomic E-state index is 0.0676. The lowest BCUT2D eigenvalue weighted by molar-refractivity contribution is -0.120. The molecular weight excluding hydrogens is 500 g/mol. The summed E-state index contributed by atoms with van der Waals surface area (Å²) in [5, 5.41) is 6.71. The zero-order valence-electron chi connectivity index (χ0n) is 19.6. The van der Waals surface area contributed by atoms with E-state index >= 15 is 0 Å². The number of aromatic nitrogens is 2. The molecule has 6 rings (SSSR count). The van der Waals surface area contributed by atoms with Crippen LogP contribution in [0.5, 0.6) is 0 Å². The highest BCUT2D eigenvalue weighted by atomic mass is 35.5. The number of thiazole rings is 1. The fourth-order valence-corrected chi connectivity index (χ4v) is 6.50. The zero-order chi connectivity index (χ0) is 24.8. The number of carbonyl (C=O) groups is 2. The molecule has 1 aromatic carbocycles. The van der Waals surface area contributed by atoms with Crippen LogP contribution in [-0.4, -0.2) is 71.9 Å². The van der Waals surface area contributed by atoms with Gasteiger partial charge in [0, 0.05) is 31.2 Å². The van der Waals surface area contributed by atoms with E-state index in [1.165, 1.54) is 24.2 Å². The molecule has 2 aliphatic heterocycles. The number of likely N-dealkylation sites (tertiary alicyclic amines) is 1. The average Bonchev–Trinajstić information content (AvgIpc) is 3.51. The number of pyridine rings is 2. The van der Waals surface area contributed by atoms with E-state index in [0.717, 1.165) is 29.9 Å². The molecule has 2 saturated heterocycles. The van der Waals surface area contributed by atoms with Crippen molar-refractivity contribution in [2.24, 2.45) is 0 Å². The first-order chi connectivity index (χ1) is 17.5. The van der Waals surface area contributed by atoms with Gasteiger partial charge < -0.3 is 20.4 Å². The largest absolute Gasteiger partial charge is 0.353 e. The van der Waals surface area contributed by atoms with Gasteiger partial charge in [0.2, 0.25) is 11.3 Å². The van der Waals surface area contributed by atoms with Crippen LogP contribution in [0.4, 0.5) is 5.82 Å². The summed E-state index contributed by atoms with van der Waals surface area (Å²) < 4.78 is 2.72. The first-order valence-corrected chi connectivity index (χ1v) is 13.3. The zero-order valence-corrected chi connectivity index (χ0v) is 21.1. The number of carbonyl (C=O) groups excluding carboxylic acids is 2.